The summed E-state index contributed by atoms with van der Waals surface area (Å²) in [6.07, 6.45) is 3.33. The van der Waals surface area contributed by atoms with Crippen molar-refractivity contribution in [3.8, 4) is 5.95 Å². The number of hydrogen-bond donors (Lipinski definition) is 2. The lowest BCUT2D eigenvalue weighted by molar-refractivity contribution is 0.631. The number of anilines is 3. The van der Waals surface area contributed by atoms with Gasteiger partial charge in [0.2, 0.25) is 11.9 Å². The molecule has 1 aromatic carbocycles. The van der Waals surface area contributed by atoms with E-state index in [1.807, 2.05) is 0 Å². The zero-order valence-corrected chi connectivity index (χ0v) is 11.2. The summed E-state index contributed by atoms with van der Waals surface area (Å²) in [5.41, 5.74) is 0.289. The summed E-state index contributed by atoms with van der Waals surface area (Å²) in [6.45, 7) is 0. The molecule has 3 aromatic rings. The van der Waals surface area contributed by atoms with Crippen LogP contribution in [-0.4, -0.2) is 31.8 Å². The van der Waals surface area contributed by atoms with Crippen molar-refractivity contribution in [1.29, 1.82) is 0 Å². The molecule has 0 aliphatic heterocycles. The molecule has 0 spiro atoms. The Labute approximate surface area is 119 Å². The molecule has 0 radical (unpaired) electrons. The third-order valence-corrected chi connectivity index (χ3v) is 2.68. The number of aromatic nitrogens is 5. The van der Waals surface area contributed by atoms with E-state index in [1.165, 1.54) is 10.7 Å². The van der Waals surface area contributed by atoms with E-state index in [9.17, 15) is 4.39 Å². The Hall–Kier alpha value is -3.03. The highest BCUT2D eigenvalue weighted by Crippen LogP contribution is 2.18. The average Bonchev–Trinajstić information content (AvgIpc) is 3.04. The number of hydrogen-bond acceptors (Lipinski definition) is 6. The first-order valence-corrected chi connectivity index (χ1v) is 6.21. The SMILES string of the molecule is CNc1nc(Nc2ccccc2F)nc(-n2cccn2)n1. The van der Waals surface area contributed by atoms with Gasteiger partial charge in [0.1, 0.15) is 5.82 Å². The van der Waals surface area contributed by atoms with Gasteiger partial charge in [0.25, 0.3) is 5.95 Å². The van der Waals surface area contributed by atoms with Gasteiger partial charge in [0.15, 0.2) is 0 Å². The van der Waals surface area contributed by atoms with Gasteiger partial charge in [-0.1, -0.05) is 12.1 Å². The fourth-order valence-electron chi connectivity index (χ4n) is 1.71. The second-order valence-electron chi connectivity index (χ2n) is 4.09. The van der Waals surface area contributed by atoms with Crippen LogP contribution in [0.4, 0.5) is 22.0 Å². The van der Waals surface area contributed by atoms with Crippen LogP contribution in [0, 0.1) is 5.82 Å². The number of nitrogens with zero attached hydrogens (tertiary/aromatic N) is 5. The molecule has 0 aliphatic carbocycles. The molecule has 0 bridgehead atoms. The van der Waals surface area contributed by atoms with Crippen molar-refractivity contribution < 1.29 is 4.39 Å². The Balaban J connectivity index is 1.99. The average molecular weight is 285 g/mol. The Kier molecular flexibility index (Phi) is 3.42. The molecule has 0 fully saturated rings. The molecule has 2 heterocycles. The highest BCUT2D eigenvalue weighted by molar-refractivity contribution is 5.55. The van der Waals surface area contributed by atoms with Gasteiger partial charge in [-0.15, -0.1) is 0 Å². The maximum atomic E-state index is 13.7. The normalized spacial score (nSPS) is 10.4. The second kappa shape index (κ2) is 5.53. The predicted molar refractivity (Wildman–Crippen MR) is 76.2 cm³/mol. The first-order valence-electron chi connectivity index (χ1n) is 6.21. The summed E-state index contributed by atoms with van der Waals surface area (Å²) in [5.74, 6) is 0.530. The van der Waals surface area contributed by atoms with Crippen molar-refractivity contribution >= 4 is 17.6 Å². The molecule has 8 heteroatoms. The summed E-state index contributed by atoms with van der Waals surface area (Å²) >= 11 is 0. The number of nitrogens with one attached hydrogen (secondary N) is 2. The van der Waals surface area contributed by atoms with Gasteiger partial charge < -0.3 is 10.6 Å². The fourth-order valence-corrected chi connectivity index (χ4v) is 1.71. The van der Waals surface area contributed by atoms with Gasteiger partial charge >= 0.3 is 0 Å². The van der Waals surface area contributed by atoms with Crippen molar-refractivity contribution in [3.05, 3.63) is 48.5 Å². The number of rotatable bonds is 4. The van der Waals surface area contributed by atoms with E-state index in [2.05, 4.69) is 30.7 Å². The third kappa shape index (κ3) is 2.78. The molecule has 0 amide bonds. The number of benzene rings is 1. The van der Waals surface area contributed by atoms with Crippen molar-refractivity contribution in [2.75, 3.05) is 17.7 Å². The monoisotopic (exact) mass is 285 g/mol. The molecular formula is C13H12FN7. The van der Waals surface area contributed by atoms with Crippen LogP contribution in [-0.2, 0) is 0 Å². The van der Waals surface area contributed by atoms with Gasteiger partial charge in [-0.05, 0) is 18.2 Å². The summed E-state index contributed by atoms with van der Waals surface area (Å²) in [5, 5.41) is 9.73. The molecule has 0 unspecified atom stereocenters. The maximum absolute atomic E-state index is 13.7. The number of halogens is 1. The van der Waals surface area contributed by atoms with E-state index >= 15 is 0 Å². The summed E-state index contributed by atoms with van der Waals surface area (Å²) in [4.78, 5) is 12.6. The topological polar surface area (TPSA) is 80.5 Å². The highest BCUT2D eigenvalue weighted by atomic mass is 19.1. The lowest BCUT2D eigenvalue weighted by Gasteiger charge is -2.09. The Bertz CT molecular complexity index is 742. The van der Waals surface area contributed by atoms with Gasteiger partial charge in [0, 0.05) is 19.4 Å². The van der Waals surface area contributed by atoms with E-state index in [-0.39, 0.29) is 17.5 Å². The molecular weight excluding hydrogens is 273 g/mol. The summed E-state index contributed by atoms with van der Waals surface area (Å²) in [7, 11) is 1.69. The van der Waals surface area contributed by atoms with Crippen LogP contribution >= 0.6 is 0 Å². The van der Waals surface area contributed by atoms with E-state index in [0.29, 0.717) is 11.9 Å². The minimum Gasteiger partial charge on any atom is -0.357 e. The summed E-state index contributed by atoms with van der Waals surface area (Å²) < 4.78 is 15.2. The molecule has 7 nitrogen and oxygen atoms in total. The molecule has 0 aliphatic rings. The third-order valence-electron chi connectivity index (χ3n) is 2.68. The highest BCUT2D eigenvalue weighted by Gasteiger charge is 2.09. The van der Waals surface area contributed by atoms with E-state index < -0.39 is 0 Å². The molecule has 2 N–H and O–H groups in total. The molecule has 0 saturated heterocycles. The second-order valence-corrected chi connectivity index (χ2v) is 4.09. The largest absolute Gasteiger partial charge is 0.357 e. The van der Waals surface area contributed by atoms with Crippen molar-refractivity contribution in [2.45, 2.75) is 0 Å². The van der Waals surface area contributed by atoms with Crippen LogP contribution in [0.15, 0.2) is 42.7 Å². The lowest BCUT2D eigenvalue weighted by atomic mass is 10.3. The smallest absolute Gasteiger partial charge is 0.257 e. The zero-order valence-electron chi connectivity index (χ0n) is 11.2. The van der Waals surface area contributed by atoms with Crippen LogP contribution in [0.5, 0.6) is 0 Å². The van der Waals surface area contributed by atoms with Gasteiger partial charge in [0.05, 0.1) is 5.69 Å². The molecule has 2 aromatic heterocycles. The van der Waals surface area contributed by atoms with E-state index in [0.717, 1.165) is 0 Å². The minimum atomic E-state index is -0.385. The van der Waals surface area contributed by atoms with Gasteiger partial charge in [-0.2, -0.15) is 20.1 Å². The van der Waals surface area contributed by atoms with Crippen LogP contribution in [0.25, 0.3) is 5.95 Å². The Morgan fingerprint density at radius 1 is 1.05 bits per heavy atom. The molecule has 0 saturated carbocycles. The predicted octanol–water partition coefficient (Wildman–Crippen LogP) is 1.98. The van der Waals surface area contributed by atoms with E-state index in [1.54, 1.807) is 43.7 Å². The standard InChI is InChI=1S/C13H12FN7/c1-15-11-18-12(17-10-6-3-2-5-9(10)14)20-13(19-11)21-8-4-7-16-21/h2-8H,1H3,(H2,15,17,18,19,20). The minimum absolute atomic E-state index is 0.227. The van der Waals surface area contributed by atoms with Gasteiger partial charge in [-0.25, -0.2) is 9.07 Å². The van der Waals surface area contributed by atoms with E-state index in [4.69, 9.17) is 0 Å². The van der Waals surface area contributed by atoms with Crippen LogP contribution in [0.3, 0.4) is 0 Å². The molecule has 0 atom stereocenters. The first kappa shape index (κ1) is 13.0. The van der Waals surface area contributed by atoms with Crippen LogP contribution in [0.2, 0.25) is 0 Å². The molecule has 3 rings (SSSR count). The fraction of sp³-hybridized carbons (Fsp3) is 0.0769. The quantitative estimate of drug-likeness (QED) is 0.763. The zero-order chi connectivity index (χ0) is 14.7. The lowest BCUT2D eigenvalue weighted by Crippen LogP contribution is -2.10. The first-order chi connectivity index (χ1) is 10.3. The van der Waals surface area contributed by atoms with Crippen LogP contribution < -0.4 is 10.6 Å². The Morgan fingerprint density at radius 2 is 1.86 bits per heavy atom. The van der Waals surface area contributed by atoms with Gasteiger partial charge in [-0.3, -0.25) is 0 Å². The molecule has 106 valence electrons. The molecule has 21 heavy (non-hydrogen) atoms. The summed E-state index contributed by atoms with van der Waals surface area (Å²) in [6, 6.07) is 8.05. The van der Waals surface area contributed by atoms with Crippen molar-refractivity contribution in [3.63, 3.8) is 0 Å². The number of para-hydroxylation sites is 1. The Morgan fingerprint density at radius 3 is 2.57 bits per heavy atom. The van der Waals surface area contributed by atoms with Crippen LogP contribution in [0.1, 0.15) is 0 Å². The van der Waals surface area contributed by atoms with Crippen molar-refractivity contribution in [1.82, 2.24) is 24.7 Å². The van der Waals surface area contributed by atoms with Crippen molar-refractivity contribution in [2.24, 2.45) is 0 Å². The maximum Gasteiger partial charge on any atom is 0.257 e.